The Bertz CT molecular complexity index is 386. The number of hydrogen-bond acceptors (Lipinski definition) is 1. The van der Waals surface area contributed by atoms with Gasteiger partial charge in [-0.15, -0.1) is 0 Å². The minimum absolute atomic E-state index is 0.584. The highest BCUT2D eigenvalue weighted by atomic mass is 14.7. The predicted octanol–water partition coefficient (Wildman–Crippen LogP) is 3.93. The zero-order chi connectivity index (χ0) is 9.97. The van der Waals surface area contributed by atoms with Gasteiger partial charge in [0, 0.05) is 18.2 Å². The van der Waals surface area contributed by atoms with Crippen molar-refractivity contribution in [1.29, 1.82) is 0 Å². The third-order valence-electron chi connectivity index (χ3n) is 2.49. The van der Waals surface area contributed by atoms with Gasteiger partial charge in [-0.2, -0.15) is 0 Å². The number of aliphatic imine (C=N–C) groups is 1. The highest BCUT2D eigenvalue weighted by molar-refractivity contribution is 5.76. The molecule has 14 heavy (non-hydrogen) atoms. The molecule has 1 heterocycles. The molecule has 1 aliphatic rings. The molecule has 0 atom stereocenters. The van der Waals surface area contributed by atoms with Crippen LogP contribution in [0.3, 0.4) is 0 Å². The van der Waals surface area contributed by atoms with Crippen LogP contribution in [0.4, 0.5) is 5.69 Å². The van der Waals surface area contributed by atoms with Crippen LogP contribution in [0.2, 0.25) is 0 Å². The lowest BCUT2D eigenvalue weighted by molar-refractivity contribution is 0.866. The maximum Gasteiger partial charge on any atom is 0.0698 e. The van der Waals surface area contributed by atoms with Gasteiger partial charge in [0.2, 0.25) is 0 Å². The summed E-state index contributed by atoms with van der Waals surface area (Å²) in [6.07, 6.45) is 7.21. The molecule has 1 nitrogen and oxygen atoms in total. The highest BCUT2D eigenvalue weighted by Crippen LogP contribution is 2.26. The van der Waals surface area contributed by atoms with E-state index >= 15 is 0 Å². The van der Waals surface area contributed by atoms with Gasteiger partial charge in [0.1, 0.15) is 0 Å². The van der Waals surface area contributed by atoms with Crippen LogP contribution >= 0.6 is 0 Å². The zero-order valence-corrected chi connectivity index (χ0v) is 8.70. The van der Waals surface area contributed by atoms with E-state index in [2.05, 4.69) is 49.2 Å². The van der Waals surface area contributed by atoms with Gasteiger partial charge in [-0.1, -0.05) is 32.1 Å². The van der Waals surface area contributed by atoms with Crippen LogP contribution in [-0.4, -0.2) is 6.21 Å². The monoisotopic (exact) mass is 185 g/mol. The van der Waals surface area contributed by atoms with Gasteiger partial charge in [-0.05, 0) is 23.6 Å². The van der Waals surface area contributed by atoms with Crippen molar-refractivity contribution in [2.24, 2.45) is 4.99 Å². The van der Waals surface area contributed by atoms with Crippen molar-refractivity contribution in [2.75, 3.05) is 0 Å². The molecule has 2 rings (SSSR count). The summed E-state index contributed by atoms with van der Waals surface area (Å²) < 4.78 is 0. The first-order valence-corrected chi connectivity index (χ1v) is 5.10. The van der Waals surface area contributed by atoms with E-state index in [1.165, 1.54) is 11.1 Å². The van der Waals surface area contributed by atoms with Gasteiger partial charge in [0.15, 0.2) is 0 Å². The number of hydrogen-bond donors (Lipinski definition) is 0. The summed E-state index contributed by atoms with van der Waals surface area (Å²) in [7, 11) is 0. The molecule has 1 aliphatic heterocycles. The maximum absolute atomic E-state index is 4.40. The third-order valence-corrected chi connectivity index (χ3v) is 2.49. The van der Waals surface area contributed by atoms with Crippen LogP contribution < -0.4 is 0 Å². The molecule has 72 valence electrons. The van der Waals surface area contributed by atoms with E-state index in [0.717, 1.165) is 12.1 Å². The average Bonchev–Trinajstić information content (AvgIpc) is 2.41. The first-order chi connectivity index (χ1) is 6.77. The Morgan fingerprint density at radius 3 is 2.93 bits per heavy atom. The lowest BCUT2D eigenvalue weighted by Crippen LogP contribution is -1.87. The van der Waals surface area contributed by atoms with Gasteiger partial charge < -0.3 is 0 Å². The molecule has 1 aromatic carbocycles. The van der Waals surface area contributed by atoms with Crippen molar-refractivity contribution in [1.82, 2.24) is 0 Å². The lowest BCUT2D eigenvalue weighted by Gasteiger charge is -2.07. The van der Waals surface area contributed by atoms with Crippen molar-refractivity contribution < 1.29 is 0 Å². The van der Waals surface area contributed by atoms with Gasteiger partial charge in [0.25, 0.3) is 0 Å². The number of benzene rings is 1. The van der Waals surface area contributed by atoms with E-state index in [9.17, 15) is 0 Å². The Balaban J connectivity index is 2.48. The first kappa shape index (κ1) is 9.20. The Kier molecular flexibility index (Phi) is 2.49. The van der Waals surface area contributed by atoms with Gasteiger partial charge >= 0.3 is 0 Å². The summed E-state index contributed by atoms with van der Waals surface area (Å²) >= 11 is 0. The molecule has 0 saturated carbocycles. The van der Waals surface area contributed by atoms with E-state index < -0.39 is 0 Å². The van der Waals surface area contributed by atoms with E-state index in [1.54, 1.807) is 0 Å². The highest BCUT2D eigenvalue weighted by Gasteiger charge is 2.04. The second kappa shape index (κ2) is 3.79. The summed E-state index contributed by atoms with van der Waals surface area (Å²) in [5, 5.41) is 0. The number of fused-ring (bicyclic) bond motifs is 1. The largest absolute Gasteiger partial charge is 0.260 e. The smallest absolute Gasteiger partial charge is 0.0698 e. The molecular formula is C13H15N. The van der Waals surface area contributed by atoms with Crippen molar-refractivity contribution in [3.05, 3.63) is 35.4 Å². The standard InChI is InChI=1S/C13H15N/c1-10(2)11-6-7-13-12(9-11)5-3-4-8-14-13/h3,5-10H,4H2,1-2H3. The summed E-state index contributed by atoms with van der Waals surface area (Å²) in [4.78, 5) is 4.40. The molecule has 0 bridgehead atoms. The molecular weight excluding hydrogens is 170 g/mol. The van der Waals surface area contributed by atoms with E-state index in [-0.39, 0.29) is 0 Å². The quantitative estimate of drug-likeness (QED) is 0.628. The molecule has 0 fully saturated rings. The fourth-order valence-corrected chi connectivity index (χ4v) is 1.59. The van der Waals surface area contributed by atoms with Crippen LogP contribution in [0, 0.1) is 0 Å². The Labute approximate surface area is 85.2 Å². The molecule has 0 aliphatic carbocycles. The molecule has 0 saturated heterocycles. The van der Waals surface area contributed by atoms with E-state index in [0.29, 0.717) is 5.92 Å². The van der Waals surface area contributed by atoms with Crippen LogP contribution in [0.1, 0.15) is 37.3 Å². The number of rotatable bonds is 1. The average molecular weight is 185 g/mol. The first-order valence-electron chi connectivity index (χ1n) is 5.10. The molecule has 0 N–H and O–H groups in total. The molecule has 0 aromatic heterocycles. The van der Waals surface area contributed by atoms with Crippen molar-refractivity contribution in [3.8, 4) is 0 Å². The topological polar surface area (TPSA) is 12.4 Å². The van der Waals surface area contributed by atoms with E-state index in [4.69, 9.17) is 0 Å². The third kappa shape index (κ3) is 1.77. The second-order valence-corrected chi connectivity index (χ2v) is 3.92. The van der Waals surface area contributed by atoms with E-state index in [1.807, 2.05) is 6.21 Å². The minimum atomic E-state index is 0.584. The summed E-state index contributed by atoms with van der Waals surface area (Å²) in [5.74, 6) is 0.584. The molecule has 0 spiro atoms. The van der Waals surface area contributed by atoms with Crippen molar-refractivity contribution in [2.45, 2.75) is 26.2 Å². The SMILES string of the molecule is CC(C)c1ccc2c(c1)C=CCC=N2. The number of allylic oxidation sites excluding steroid dienone is 1. The van der Waals surface area contributed by atoms with Crippen molar-refractivity contribution >= 4 is 18.0 Å². The summed E-state index contributed by atoms with van der Waals surface area (Å²) in [6, 6.07) is 6.51. The molecule has 1 aromatic rings. The Morgan fingerprint density at radius 1 is 1.29 bits per heavy atom. The lowest BCUT2D eigenvalue weighted by atomic mass is 10.00. The van der Waals surface area contributed by atoms with Gasteiger partial charge in [-0.3, -0.25) is 4.99 Å². The summed E-state index contributed by atoms with van der Waals surface area (Å²) in [6.45, 7) is 4.43. The Hall–Kier alpha value is -1.37. The van der Waals surface area contributed by atoms with Crippen LogP contribution in [0.15, 0.2) is 29.3 Å². The summed E-state index contributed by atoms with van der Waals surface area (Å²) in [5.41, 5.74) is 3.71. The van der Waals surface area contributed by atoms with Crippen molar-refractivity contribution in [3.63, 3.8) is 0 Å². The molecule has 0 radical (unpaired) electrons. The van der Waals surface area contributed by atoms with Crippen LogP contribution in [0.5, 0.6) is 0 Å². The normalized spacial score (nSPS) is 14.2. The Morgan fingerprint density at radius 2 is 2.14 bits per heavy atom. The van der Waals surface area contributed by atoms with Gasteiger partial charge in [0.05, 0.1) is 5.69 Å². The second-order valence-electron chi connectivity index (χ2n) is 3.92. The fourth-order valence-electron chi connectivity index (χ4n) is 1.59. The molecule has 0 amide bonds. The maximum atomic E-state index is 4.40. The number of nitrogens with zero attached hydrogens (tertiary/aromatic N) is 1. The fraction of sp³-hybridized carbons (Fsp3) is 0.308. The van der Waals surface area contributed by atoms with Crippen LogP contribution in [0.25, 0.3) is 6.08 Å². The van der Waals surface area contributed by atoms with Gasteiger partial charge in [-0.25, -0.2) is 0 Å². The predicted molar refractivity (Wildman–Crippen MR) is 62.3 cm³/mol. The minimum Gasteiger partial charge on any atom is -0.260 e. The molecule has 0 unspecified atom stereocenters. The zero-order valence-electron chi connectivity index (χ0n) is 8.70. The molecule has 1 heteroatoms. The van der Waals surface area contributed by atoms with Crippen LogP contribution in [-0.2, 0) is 0 Å².